The van der Waals surface area contributed by atoms with Crippen molar-refractivity contribution >= 4 is 5.91 Å². The maximum absolute atomic E-state index is 12.3. The maximum atomic E-state index is 12.3. The minimum absolute atomic E-state index is 0.0869. The Balaban J connectivity index is 1.58. The largest absolute Gasteiger partial charge is 0.453 e. The van der Waals surface area contributed by atoms with Crippen molar-refractivity contribution in [3.05, 3.63) is 35.4 Å². The summed E-state index contributed by atoms with van der Waals surface area (Å²) in [5.74, 6) is -0.758. The number of alkyl halides is 3. The normalized spacial score (nSPS) is 14.9. The minimum Gasteiger partial charge on any atom is -0.345 e. The molecule has 116 valence electrons. The number of hydrogen-bond donors (Lipinski definition) is 2. The molecule has 2 N–H and O–H groups in total. The van der Waals surface area contributed by atoms with Crippen molar-refractivity contribution in [1.82, 2.24) is 30.5 Å². The predicted octanol–water partition coefficient (Wildman–Crippen LogP) is 1.42. The van der Waals surface area contributed by atoms with Gasteiger partial charge in [0.25, 0.3) is 11.7 Å². The third kappa shape index (κ3) is 3.21. The van der Waals surface area contributed by atoms with E-state index < -0.39 is 17.9 Å². The fourth-order valence-corrected chi connectivity index (χ4v) is 1.77. The Morgan fingerprint density at radius 2 is 2.00 bits per heavy atom. The van der Waals surface area contributed by atoms with Crippen LogP contribution in [0.15, 0.2) is 12.4 Å². The highest BCUT2D eigenvalue weighted by Crippen LogP contribution is 2.37. The Hall–Kier alpha value is -2.52. The molecule has 0 aromatic carbocycles. The fraction of sp³-hybridized carbons (Fsp3) is 0.417. The summed E-state index contributed by atoms with van der Waals surface area (Å²) in [6.45, 7) is -0.202. The second-order valence-corrected chi connectivity index (χ2v) is 4.89. The molecule has 22 heavy (non-hydrogen) atoms. The number of carbonyl (C=O) groups excluding carboxylic acids is 1. The van der Waals surface area contributed by atoms with Crippen molar-refractivity contribution in [3.8, 4) is 0 Å². The molecule has 0 radical (unpaired) electrons. The Labute approximate surface area is 122 Å². The van der Waals surface area contributed by atoms with Crippen molar-refractivity contribution in [1.29, 1.82) is 0 Å². The van der Waals surface area contributed by atoms with Gasteiger partial charge >= 0.3 is 6.18 Å². The van der Waals surface area contributed by atoms with Gasteiger partial charge in [-0.3, -0.25) is 9.89 Å². The van der Waals surface area contributed by atoms with Crippen molar-refractivity contribution < 1.29 is 18.0 Å². The summed E-state index contributed by atoms with van der Waals surface area (Å²) < 4.78 is 37.0. The first-order chi connectivity index (χ1) is 10.4. The fourth-order valence-electron chi connectivity index (χ4n) is 1.77. The second kappa shape index (κ2) is 5.35. The van der Waals surface area contributed by atoms with E-state index >= 15 is 0 Å². The van der Waals surface area contributed by atoms with E-state index in [4.69, 9.17) is 0 Å². The van der Waals surface area contributed by atoms with Crippen molar-refractivity contribution in [2.45, 2.75) is 31.5 Å². The number of amides is 1. The number of hydrogen-bond acceptors (Lipinski definition) is 5. The summed E-state index contributed by atoms with van der Waals surface area (Å²) in [6, 6.07) is 0. The van der Waals surface area contributed by atoms with E-state index in [1.165, 1.54) is 12.4 Å². The molecule has 10 heteroatoms. The Morgan fingerprint density at radius 1 is 1.32 bits per heavy atom. The van der Waals surface area contributed by atoms with E-state index in [9.17, 15) is 18.0 Å². The summed E-state index contributed by atoms with van der Waals surface area (Å²) in [5.41, 5.74) is 0.236. The molecule has 3 rings (SSSR count). The smallest absolute Gasteiger partial charge is 0.345 e. The summed E-state index contributed by atoms with van der Waals surface area (Å²) in [7, 11) is 0. The van der Waals surface area contributed by atoms with Gasteiger partial charge in [-0.2, -0.15) is 13.2 Å². The predicted molar refractivity (Wildman–Crippen MR) is 66.6 cm³/mol. The van der Waals surface area contributed by atoms with Crippen LogP contribution in [0.25, 0.3) is 0 Å². The second-order valence-electron chi connectivity index (χ2n) is 4.89. The Kier molecular flexibility index (Phi) is 3.51. The lowest BCUT2D eigenvalue weighted by Gasteiger charge is -2.03. The molecule has 1 amide bonds. The van der Waals surface area contributed by atoms with Crippen molar-refractivity contribution in [2.24, 2.45) is 0 Å². The number of halogens is 3. The molecule has 1 aliphatic rings. The molecule has 2 aromatic rings. The van der Waals surface area contributed by atoms with Gasteiger partial charge in [-0.05, 0) is 12.8 Å². The van der Waals surface area contributed by atoms with Crippen LogP contribution in [0.4, 0.5) is 13.2 Å². The van der Waals surface area contributed by atoms with E-state index in [-0.39, 0.29) is 17.9 Å². The lowest BCUT2D eigenvalue weighted by molar-refractivity contribution is -0.144. The summed E-state index contributed by atoms with van der Waals surface area (Å²) in [6.07, 6.45) is 0.289. The highest BCUT2D eigenvalue weighted by atomic mass is 19.4. The first-order valence-electron chi connectivity index (χ1n) is 6.52. The molecule has 2 heterocycles. The number of aromatic nitrogens is 5. The van der Waals surface area contributed by atoms with E-state index in [0.29, 0.717) is 11.7 Å². The maximum Gasteiger partial charge on any atom is 0.453 e. The van der Waals surface area contributed by atoms with E-state index in [1.807, 2.05) is 0 Å². The zero-order valence-corrected chi connectivity index (χ0v) is 11.2. The van der Waals surface area contributed by atoms with Crippen LogP contribution in [0.1, 0.15) is 46.6 Å². The molecule has 0 aliphatic heterocycles. The molecular formula is C12H11F3N6O. The highest BCUT2D eigenvalue weighted by molar-refractivity contribution is 5.93. The molecule has 2 aromatic heterocycles. The van der Waals surface area contributed by atoms with Crippen LogP contribution in [0.5, 0.6) is 0 Å². The quantitative estimate of drug-likeness (QED) is 0.890. The Bertz CT molecular complexity index is 677. The van der Waals surface area contributed by atoms with Crippen LogP contribution >= 0.6 is 0 Å². The molecule has 0 saturated heterocycles. The van der Waals surface area contributed by atoms with E-state index in [2.05, 4.69) is 30.5 Å². The molecule has 0 unspecified atom stereocenters. The van der Waals surface area contributed by atoms with Crippen LogP contribution in [0.2, 0.25) is 0 Å². The zero-order chi connectivity index (χ0) is 15.7. The molecule has 0 bridgehead atoms. The van der Waals surface area contributed by atoms with Crippen molar-refractivity contribution in [2.75, 3.05) is 0 Å². The number of rotatable bonds is 4. The minimum atomic E-state index is -4.62. The Morgan fingerprint density at radius 3 is 2.55 bits per heavy atom. The first kappa shape index (κ1) is 14.4. The highest BCUT2D eigenvalue weighted by Gasteiger charge is 2.36. The molecule has 1 fully saturated rings. The molecular weight excluding hydrogens is 301 g/mol. The van der Waals surface area contributed by atoms with Gasteiger partial charge in [-0.1, -0.05) is 0 Å². The number of nitrogens with zero attached hydrogens (tertiary/aromatic N) is 4. The standard InChI is InChI=1S/C12H11F3N6O/c13-12(14,15)11-19-8(20-21-11)5-18-10(22)7-3-16-9(17-4-7)6-1-2-6/h3-4,6H,1-2,5H2,(H,18,22)(H,19,20,21). The lowest BCUT2D eigenvalue weighted by atomic mass is 10.3. The van der Waals surface area contributed by atoms with E-state index in [0.717, 1.165) is 12.8 Å². The molecule has 1 saturated carbocycles. The van der Waals surface area contributed by atoms with Gasteiger partial charge < -0.3 is 5.32 Å². The average Bonchev–Trinajstić information content (AvgIpc) is 3.21. The van der Waals surface area contributed by atoms with Gasteiger partial charge in [0, 0.05) is 18.3 Å². The van der Waals surface area contributed by atoms with Crippen LogP contribution < -0.4 is 5.32 Å². The van der Waals surface area contributed by atoms with Crippen LogP contribution in [0.3, 0.4) is 0 Å². The third-order valence-corrected chi connectivity index (χ3v) is 3.08. The molecule has 0 spiro atoms. The number of nitrogens with one attached hydrogen (secondary N) is 2. The molecule has 1 aliphatic carbocycles. The van der Waals surface area contributed by atoms with E-state index in [1.54, 1.807) is 0 Å². The summed E-state index contributed by atoms with van der Waals surface area (Å²) >= 11 is 0. The number of carbonyl (C=O) groups is 1. The summed E-state index contributed by atoms with van der Waals surface area (Å²) in [5, 5.41) is 7.59. The molecule has 7 nitrogen and oxygen atoms in total. The van der Waals surface area contributed by atoms with Crippen LogP contribution in [0, 0.1) is 0 Å². The number of aromatic amines is 1. The lowest BCUT2D eigenvalue weighted by Crippen LogP contribution is -2.24. The van der Waals surface area contributed by atoms with Gasteiger partial charge in [-0.25, -0.2) is 15.0 Å². The van der Waals surface area contributed by atoms with Crippen LogP contribution in [-0.4, -0.2) is 31.1 Å². The summed E-state index contributed by atoms with van der Waals surface area (Å²) in [4.78, 5) is 23.3. The zero-order valence-electron chi connectivity index (χ0n) is 11.2. The van der Waals surface area contributed by atoms with Gasteiger partial charge in [0.15, 0.2) is 0 Å². The monoisotopic (exact) mass is 312 g/mol. The number of H-pyrrole nitrogens is 1. The van der Waals surface area contributed by atoms with Gasteiger partial charge in [-0.15, -0.1) is 5.10 Å². The van der Waals surface area contributed by atoms with Crippen molar-refractivity contribution in [3.63, 3.8) is 0 Å². The SMILES string of the molecule is O=C(NCc1nc(C(F)(F)F)n[nH]1)c1cnc(C2CC2)nc1. The molecule has 0 atom stereocenters. The van der Waals surface area contributed by atoms with Gasteiger partial charge in [0.2, 0.25) is 0 Å². The third-order valence-electron chi connectivity index (χ3n) is 3.08. The first-order valence-corrected chi connectivity index (χ1v) is 6.52. The average molecular weight is 312 g/mol. The van der Waals surface area contributed by atoms with Gasteiger partial charge in [0.1, 0.15) is 11.6 Å². The van der Waals surface area contributed by atoms with Gasteiger partial charge in [0.05, 0.1) is 12.1 Å². The topological polar surface area (TPSA) is 96.5 Å². The van der Waals surface area contributed by atoms with Crippen LogP contribution in [-0.2, 0) is 12.7 Å².